The molecule has 2 heterocycles. The van der Waals surface area contributed by atoms with Crippen LogP contribution in [0.15, 0.2) is 18.3 Å². The van der Waals surface area contributed by atoms with Gasteiger partial charge in [-0.05, 0) is 37.8 Å². The van der Waals surface area contributed by atoms with Gasteiger partial charge in [-0.1, -0.05) is 13.8 Å². The minimum atomic E-state index is 0.556. The Bertz CT molecular complexity index is 341. The van der Waals surface area contributed by atoms with E-state index in [-0.39, 0.29) is 0 Å². The number of nitrogens with one attached hydrogen (secondary N) is 1. The van der Waals surface area contributed by atoms with Crippen LogP contribution in [0.1, 0.15) is 39.5 Å². The van der Waals surface area contributed by atoms with Crippen LogP contribution < -0.4 is 10.2 Å². The van der Waals surface area contributed by atoms with Gasteiger partial charge in [-0.25, -0.2) is 4.98 Å². The van der Waals surface area contributed by atoms with Gasteiger partial charge in [0.05, 0.1) is 5.69 Å². The molecule has 3 heteroatoms. The first-order valence-electron chi connectivity index (χ1n) is 6.81. The van der Waals surface area contributed by atoms with Crippen molar-refractivity contribution < 1.29 is 0 Å². The summed E-state index contributed by atoms with van der Waals surface area (Å²) in [6, 6.07) is 4.73. The molecule has 1 fully saturated rings. The standard InChI is InChI=1S/C14H23N3/c1-3-12(4-2)16-13-8-7-9-15-14(13)17-10-5-6-11-17/h7-9,12,16H,3-6,10-11H2,1-2H3. The van der Waals surface area contributed by atoms with E-state index in [0.717, 1.165) is 31.7 Å². The van der Waals surface area contributed by atoms with Crippen LogP contribution in [-0.4, -0.2) is 24.1 Å². The predicted molar refractivity (Wildman–Crippen MR) is 73.7 cm³/mol. The Morgan fingerprint density at radius 3 is 2.65 bits per heavy atom. The van der Waals surface area contributed by atoms with Gasteiger partial charge in [0.25, 0.3) is 0 Å². The fourth-order valence-corrected chi connectivity index (χ4v) is 2.40. The number of nitrogens with zero attached hydrogens (tertiary/aromatic N) is 2. The zero-order valence-electron chi connectivity index (χ0n) is 10.9. The maximum absolute atomic E-state index is 4.55. The Balaban J connectivity index is 2.14. The molecular weight excluding hydrogens is 210 g/mol. The smallest absolute Gasteiger partial charge is 0.151 e. The third kappa shape index (κ3) is 2.90. The Morgan fingerprint density at radius 1 is 1.29 bits per heavy atom. The second-order valence-electron chi connectivity index (χ2n) is 4.73. The van der Waals surface area contributed by atoms with Gasteiger partial charge in [0, 0.05) is 25.3 Å². The van der Waals surface area contributed by atoms with Crippen LogP contribution in [0, 0.1) is 0 Å². The molecule has 0 saturated carbocycles. The SMILES string of the molecule is CCC(CC)Nc1cccnc1N1CCCC1. The number of rotatable bonds is 5. The Labute approximate surface area is 104 Å². The molecule has 0 unspecified atom stereocenters. The van der Waals surface area contributed by atoms with E-state index in [2.05, 4.69) is 35.1 Å². The lowest BCUT2D eigenvalue weighted by Gasteiger charge is -2.23. The lowest BCUT2D eigenvalue weighted by Crippen LogP contribution is -2.23. The highest BCUT2D eigenvalue weighted by atomic mass is 15.2. The summed E-state index contributed by atoms with van der Waals surface area (Å²) in [5.41, 5.74) is 1.20. The molecule has 94 valence electrons. The molecule has 0 amide bonds. The molecular formula is C14H23N3. The van der Waals surface area contributed by atoms with Gasteiger partial charge in [0.1, 0.15) is 0 Å². The van der Waals surface area contributed by atoms with Crippen LogP contribution in [0.2, 0.25) is 0 Å². The zero-order valence-corrected chi connectivity index (χ0v) is 10.9. The van der Waals surface area contributed by atoms with Crippen molar-refractivity contribution in [1.29, 1.82) is 0 Å². The second kappa shape index (κ2) is 5.89. The lowest BCUT2D eigenvalue weighted by molar-refractivity contribution is 0.671. The fraction of sp³-hybridized carbons (Fsp3) is 0.643. The summed E-state index contributed by atoms with van der Waals surface area (Å²) in [6.45, 7) is 6.75. The van der Waals surface area contributed by atoms with Crippen LogP contribution in [-0.2, 0) is 0 Å². The van der Waals surface area contributed by atoms with Crippen molar-refractivity contribution >= 4 is 11.5 Å². The Kier molecular flexibility index (Phi) is 4.24. The highest BCUT2D eigenvalue weighted by Crippen LogP contribution is 2.27. The molecule has 0 bridgehead atoms. The number of aromatic nitrogens is 1. The summed E-state index contributed by atoms with van der Waals surface area (Å²) in [4.78, 5) is 6.94. The first-order valence-corrected chi connectivity index (χ1v) is 6.81. The van der Waals surface area contributed by atoms with Gasteiger partial charge in [0.15, 0.2) is 5.82 Å². The van der Waals surface area contributed by atoms with Crippen molar-refractivity contribution in [3.05, 3.63) is 18.3 Å². The minimum Gasteiger partial charge on any atom is -0.379 e. The predicted octanol–water partition coefficient (Wildman–Crippen LogP) is 3.28. The maximum atomic E-state index is 4.55. The number of hydrogen-bond acceptors (Lipinski definition) is 3. The van der Waals surface area contributed by atoms with Gasteiger partial charge >= 0.3 is 0 Å². The van der Waals surface area contributed by atoms with E-state index in [1.54, 1.807) is 0 Å². The first-order chi connectivity index (χ1) is 8.35. The van der Waals surface area contributed by atoms with Gasteiger partial charge in [0.2, 0.25) is 0 Å². The monoisotopic (exact) mass is 233 g/mol. The van der Waals surface area contributed by atoms with Crippen molar-refractivity contribution in [3.8, 4) is 0 Å². The average molecular weight is 233 g/mol. The lowest BCUT2D eigenvalue weighted by atomic mass is 10.1. The highest BCUT2D eigenvalue weighted by molar-refractivity contribution is 5.66. The van der Waals surface area contributed by atoms with Gasteiger partial charge < -0.3 is 10.2 Å². The molecule has 0 aliphatic carbocycles. The summed E-state index contributed by atoms with van der Waals surface area (Å²) < 4.78 is 0. The highest BCUT2D eigenvalue weighted by Gasteiger charge is 2.17. The van der Waals surface area contributed by atoms with E-state index < -0.39 is 0 Å². The Hall–Kier alpha value is -1.25. The van der Waals surface area contributed by atoms with E-state index in [9.17, 15) is 0 Å². The molecule has 17 heavy (non-hydrogen) atoms. The molecule has 0 atom stereocenters. The van der Waals surface area contributed by atoms with Crippen LogP contribution in [0.3, 0.4) is 0 Å². The van der Waals surface area contributed by atoms with Gasteiger partial charge in [-0.2, -0.15) is 0 Å². The van der Waals surface area contributed by atoms with E-state index in [1.807, 2.05) is 12.3 Å². The summed E-state index contributed by atoms with van der Waals surface area (Å²) in [7, 11) is 0. The molecule has 0 spiro atoms. The fourth-order valence-electron chi connectivity index (χ4n) is 2.40. The van der Waals surface area contributed by atoms with E-state index in [0.29, 0.717) is 6.04 Å². The van der Waals surface area contributed by atoms with Gasteiger partial charge in [-0.15, -0.1) is 0 Å². The number of hydrogen-bond donors (Lipinski definition) is 1. The van der Waals surface area contributed by atoms with Crippen LogP contribution in [0.4, 0.5) is 11.5 Å². The summed E-state index contributed by atoms with van der Waals surface area (Å²) >= 11 is 0. The topological polar surface area (TPSA) is 28.2 Å². The zero-order chi connectivity index (χ0) is 12.1. The molecule has 0 aromatic carbocycles. The minimum absolute atomic E-state index is 0.556. The molecule has 1 aliphatic rings. The summed E-state index contributed by atoms with van der Waals surface area (Å²) in [5.74, 6) is 1.14. The van der Waals surface area contributed by atoms with Crippen LogP contribution >= 0.6 is 0 Å². The largest absolute Gasteiger partial charge is 0.379 e. The van der Waals surface area contributed by atoms with Gasteiger partial charge in [-0.3, -0.25) is 0 Å². The molecule has 3 nitrogen and oxygen atoms in total. The normalized spacial score (nSPS) is 15.6. The molecule has 1 aromatic heterocycles. The third-order valence-corrected chi connectivity index (χ3v) is 3.54. The molecule has 1 saturated heterocycles. The van der Waals surface area contributed by atoms with Crippen LogP contribution in [0.5, 0.6) is 0 Å². The molecule has 1 N–H and O–H groups in total. The molecule has 1 aromatic rings. The first kappa shape index (κ1) is 12.2. The maximum Gasteiger partial charge on any atom is 0.151 e. The molecule has 1 aliphatic heterocycles. The van der Waals surface area contributed by atoms with Crippen molar-refractivity contribution in [2.45, 2.75) is 45.6 Å². The Morgan fingerprint density at radius 2 is 2.00 bits per heavy atom. The third-order valence-electron chi connectivity index (χ3n) is 3.54. The number of pyridine rings is 1. The van der Waals surface area contributed by atoms with Crippen LogP contribution in [0.25, 0.3) is 0 Å². The van der Waals surface area contributed by atoms with E-state index in [1.165, 1.54) is 18.5 Å². The summed E-state index contributed by atoms with van der Waals surface area (Å²) in [6.07, 6.45) is 6.80. The molecule has 0 radical (unpaired) electrons. The van der Waals surface area contributed by atoms with Crippen molar-refractivity contribution in [3.63, 3.8) is 0 Å². The van der Waals surface area contributed by atoms with Crippen molar-refractivity contribution in [2.24, 2.45) is 0 Å². The van der Waals surface area contributed by atoms with Crippen molar-refractivity contribution in [1.82, 2.24) is 4.98 Å². The molecule has 2 rings (SSSR count). The average Bonchev–Trinajstić information content (AvgIpc) is 2.90. The summed E-state index contributed by atoms with van der Waals surface area (Å²) in [5, 5.41) is 3.62. The van der Waals surface area contributed by atoms with Crippen molar-refractivity contribution in [2.75, 3.05) is 23.3 Å². The number of anilines is 2. The van der Waals surface area contributed by atoms with E-state index in [4.69, 9.17) is 0 Å². The second-order valence-corrected chi connectivity index (χ2v) is 4.73. The quantitative estimate of drug-likeness (QED) is 0.846. The van der Waals surface area contributed by atoms with E-state index >= 15 is 0 Å².